The molecule has 8 nitrogen and oxygen atoms in total. The third kappa shape index (κ3) is 7.93. The van der Waals surface area contributed by atoms with E-state index in [9.17, 15) is 14.0 Å². The van der Waals surface area contributed by atoms with E-state index in [2.05, 4.69) is 15.2 Å². The summed E-state index contributed by atoms with van der Waals surface area (Å²) in [6.45, 7) is 6.32. The van der Waals surface area contributed by atoms with E-state index < -0.39 is 5.82 Å². The molecule has 0 radical (unpaired) electrons. The second-order valence-electron chi connectivity index (χ2n) is 12.2. The molecule has 9 heteroatoms. The quantitative estimate of drug-likeness (QED) is 0.249. The van der Waals surface area contributed by atoms with Crippen molar-refractivity contribution in [3.8, 4) is 5.75 Å². The summed E-state index contributed by atoms with van der Waals surface area (Å²) in [5.41, 5.74) is 1.36. The zero-order valence-corrected chi connectivity index (χ0v) is 26.1. The summed E-state index contributed by atoms with van der Waals surface area (Å²) < 4.78 is 26.0. The van der Waals surface area contributed by atoms with Gasteiger partial charge in [0.1, 0.15) is 22.8 Å². The maximum atomic E-state index is 14.9. The van der Waals surface area contributed by atoms with E-state index in [1.807, 2.05) is 49.1 Å². The van der Waals surface area contributed by atoms with Crippen LogP contribution < -0.4 is 10.1 Å². The van der Waals surface area contributed by atoms with Crippen LogP contribution in [0.15, 0.2) is 54.6 Å². The molecule has 2 aromatic carbocycles. The van der Waals surface area contributed by atoms with Crippen LogP contribution in [0.2, 0.25) is 0 Å². The predicted octanol–water partition coefficient (Wildman–Crippen LogP) is 5.38. The van der Waals surface area contributed by atoms with Crippen molar-refractivity contribution in [2.24, 2.45) is 0 Å². The number of nitrogens with one attached hydrogen (secondary N) is 1. The number of carbonyl (C=O) groups excluding carboxylic acids is 2. The number of halogens is 1. The van der Waals surface area contributed by atoms with Crippen molar-refractivity contribution in [2.75, 3.05) is 33.4 Å². The average Bonchev–Trinajstić information content (AvgIpc) is 3.86. The third-order valence-electron chi connectivity index (χ3n) is 8.62. The Morgan fingerprint density at radius 3 is 2.48 bits per heavy atom. The molecule has 2 amide bonds. The molecule has 0 unspecified atom stereocenters. The first-order chi connectivity index (χ1) is 21.4. The van der Waals surface area contributed by atoms with Gasteiger partial charge in [0, 0.05) is 68.8 Å². The van der Waals surface area contributed by atoms with Crippen LogP contribution in [-0.2, 0) is 16.0 Å². The van der Waals surface area contributed by atoms with E-state index in [-0.39, 0.29) is 41.2 Å². The minimum Gasteiger partial charge on any atom is -0.493 e. The largest absolute Gasteiger partial charge is 0.493 e. The number of aromatic nitrogens is 1. The molecular weight excluding hydrogens is 559 g/mol. The van der Waals surface area contributed by atoms with Crippen LogP contribution in [0.25, 0.3) is 10.9 Å². The lowest BCUT2D eigenvalue weighted by Crippen LogP contribution is -2.54. The first-order valence-corrected chi connectivity index (χ1v) is 16.0. The van der Waals surface area contributed by atoms with Crippen molar-refractivity contribution in [2.45, 2.75) is 83.0 Å². The third-order valence-corrected chi connectivity index (χ3v) is 8.62. The Labute approximate surface area is 259 Å². The van der Waals surface area contributed by atoms with Gasteiger partial charge in [-0.05, 0) is 63.6 Å². The van der Waals surface area contributed by atoms with Gasteiger partial charge in [0.25, 0.3) is 5.91 Å². The Morgan fingerprint density at radius 1 is 1.02 bits per heavy atom. The van der Waals surface area contributed by atoms with Crippen LogP contribution in [0.3, 0.4) is 0 Å². The van der Waals surface area contributed by atoms with Gasteiger partial charge < -0.3 is 24.6 Å². The van der Waals surface area contributed by atoms with Gasteiger partial charge in [-0.25, -0.2) is 9.37 Å². The number of rotatable bonds is 14. The number of para-hydroxylation sites is 1. The summed E-state index contributed by atoms with van der Waals surface area (Å²) in [6.07, 6.45) is 5.90. The first-order valence-electron chi connectivity index (χ1n) is 16.0. The molecule has 1 N–H and O–H groups in total. The lowest BCUT2D eigenvalue weighted by Gasteiger charge is -2.40. The molecule has 3 aromatic rings. The smallest absolute Gasteiger partial charge is 0.273 e. The fourth-order valence-corrected chi connectivity index (χ4v) is 6.20. The second kappa shape index (κ2) is 14.9. The molecule has 1 aliphatic heterocycles. The minimum atomic E-state index is -0.486. The van der Waals surface area contributed by atoms with Gasteiger partial charge in [-0.15, -0.1) is 0 Å². The molecule has 236 valence electrons. The molecule has 1 saturated heterocycles. The summed E-state index contributed by atoms with van der Waals surface area (Å²) in [5.74, 6) is -0.0740. The summed E-state index contributed by atoms with van der Waals surface area (Å²) in [7, 11) is 1.63. The molecule has 2 heterocycles. The fourth-order valence-electron chi connectivity index (χ4n) is 6.20. The van der Waals surface area contributed by atoms with Crippen LogP contribution in [0.5, 0.6) is 5.75 Å². The normalized spacial score (nSPS) is 18.4. The highest BCUT2D eigenvalue weighted by Gasteiger charge is 2.35. The van der Waals surface area contributed by atoms with E-state index >= 15 is 0 Å². The van der Waals surface area contributed by atoms with Gasteiger partial charge in [0.2, 0.25) is 5.91 Å². The Bertz CT molecular complexity index is 1410. The minimum absolute atomic E-state index is 0.0258. The van der Waals surface area contributed by atoms with Crippen molar-refractivity contribution < 1.29 is 23.5 Å². The highest BCUT2D eigenvalue weighted by molar-refractivity contribution is 5.97. The second-order valence-corrected chi connectivity index (χ2v) is 12.2. The van der Waals surface area contributed by atoms with Gasteiger partial charge in [-0.2, -0.15) is 0 Å². The highest BCUT2D eigenvalue weighted by atomic mass is 19.1. The number of hydrogen-bond acceptors (Lipinski definition) is 6. The lowest BCUT2D eigenvalue weighted by molar-refractivity contribution is -0.131. The van der Waals surface area contributed by atoms with Crippen LogP contribution in [0.4, 0.5) is 4.39 Å². The van der Waals surface area contributed by atoms with Crippen LogP contribution in [0.1, 0.15) is 68.4 Å². The maximum absolute atomic E-state index is 14.9. The van der Waals surface area contributed by atoms with E-state index in [1.165, 1.54) is 6.07 Å². The number of nitrogens with zero attached hydrogens (tertiary/aromatic N) is 3. The number of carbonyl (C=O) groups is 2. The SMILES string of the molecule is COCCCOc1cc(C(=O)N(C(C)C)[C@@H]2CC[C@H](CCN(C(=O)Cc3ccccc3)C3CC3)NC2)nc2c(F)cccc12. The van der Waals surface area contributed by atoms with Crippen molar-refractivity contribution in [3.05, 3.63) is 71.7 Å². The maximum Gasteiger partial charge on any atom is 0.273 e. The summed E-state index contributed by atoms with van der Waals surface area (Å²) >= 11 is 0. The van der Waals surface area contributed by atoms with Crippen LogP contribution in [-0.4, -0.2) is 84.2 Å². The van der Waals surface area contributed by atoms with Gasteiger partial charge in [0.05, 0.1) is 13.0 Å². The van der Waals surface area contributed by atoms with Gasteiger partial charge >= 0.3 is 0 Å². The Hall–Kier alpha value is -3.56. The Morgan fingerprint density at radius 2 is 1.80 bits per heavy atom. The summed E-state index contributed by atoms with van der Waals surface area (Å²) in [5, 5.41) is 4.20. The van der Waals surface area contributed by atoms with Gasteiger partial charge in [-0.1, -0.05) is 36.4 Å². The molecule has 5 rings (SSSR count). The molecule has 2 aliphatic rings. The van der Waals surface area contributed by atoms with Crippen molar-refractivity contribution in [3.63, 3.8) is 0 Å². The molecule has 1 aromatic heterocycles. The predicted molar refractivity (Wildman–Crippen MR) is 169 cm³/mol. The fraction of sp³-hybridized carbons (Fsp3) is 0.514. The molecule has 1 saturated carbocycles. The first kappa shape index (κ1) is 31.9. The topological polar surface area (TPSA) is 84.0 Å². The Balaban J connectivity index is 1.22. The number of pyridine rings is 1. The zero-order chi connectivity index (χ0) is 31.1. The zero-order valence-electron chi connectivity index (χ0n) is 26.1. The monoisotopic (exact) mass is 604 g/mol. The molecule has 2 fully saturated rings. The van der Waals surface area contributed by atoms with Crippen LogP contribution >= 0.6 is 0 Å². The number of fused-ring (bicyclic) bond motifs is 1. The number of hydrogen-bond donors (Lipinski definition) is 1. The van der Waals surface area contributed by atoms with E-state index in [0.717, 1.165) is 44.2 Å². The van der Waals surface area contributed by atoms with Gasteiger partial charge in [0.15, 0.2) is 0 Å². The average molecular weight is 605 g/mol. The molecule has 1 aliphatic carbocycles. The standard InChI is InChI=1S/C35H45FN4O4/c1-24(2)40(35(42)31-22-32(44-20-8-19-43-3)29-11-7-12-30(36)34(29)38-31)28-14-13-26(37-23-28)17-18-39(27-15-16-27)33(41)21-25-9-5-4-6-10-25/h4-7,9-12,22,24,26-28,37H,8,13-21,23H2,1-3H3/t26-,28-/m1/s1. The van der Waals surface area contributed by atoms with E-state index in [1.54, 1.807) is 25.3 Å². The Kier molecular flexibility index (Phi) is 10.8. The van der Waals surface area contributed by atoms with Crippen molar-refractivity contribution in [1.82, 2.24) is 20.1 Å². The number of benzene rings is 2. The highest BCUT2D eigenvalue weighted by Crippen LogP contribution is 2.30. The van der Waals surface area contributed by atoms with Crippen molar-refractivity contribution >= 4 is 22.7 Å². The number of piperidine rings is 1. The summed E-state index contributed by atoms with van der Waals surface area (Å²) in [4.78, 5) is 35.5. The van der Waals surface area contributed by atoms with Gasteiger partial charge in [-0.3, -0.25) is 9.59 Å². The number of amides is 2. The van der Waals surface area contributed by atoms with Crippen LogP contribution in [0, 0.1) is 5.82 Å². The number of methoxy groups -OCH3 is 1. The van der Waals surface area contributed by atoms with E-state index in [4.69, 9.17) is 9.47 Å². The molecule has 0 bridgehead atoms. The molecule has 2 atom stereocenters. The lowest BCUT2D eigenvalue weighted by atomic mass is 9.96. The summed E-state index contributed by atoms with van der Waals surface area (Å²) in [6, 6.07) is 16.9. The molecular formula is C35H45FN4O4. The number of ether oxygens (including phenoxy) is 2. The molecule has 44 heavy (non-hydrogen) atoms. The van der Waals surface area contributed by atoms with Crippen molar-refractivity contribution in [1.29, 1.82) is 0 Å². The van der Waals surface area contributed by atoms with E-state index in [0.29, 0.717) is 49.8 Å². The molecule has 0 spiro atoms.